The minimum atomic E-state index is -0.737. The summed E-state index contributed by atoms with van der Waals surface area (Å²) >= 11 is 0. The lowest BCUT2D eigenvalue weighted by Gasteiger charge is -2.03. The van der Waals surface area contributed by atoms with Crippen molar-refractivity contribution in [1.29, 1.82) is 0 Å². The van der Waals surface area contributed by atoms with Crippen LogP contribution in [0.2, 0.25) is 0 Å². The summed E-state index contributed by atoms with van der Waals surface area (Å²) in [6, 6.07) is 0. The lowest BCUT2D eigenvalue weighted by atomic mass is 10.1. The summed E-state index contributed by atoms with van der Waals surface area (Å²) < 4.78 is 0. The molecule has 4 heteroatoms. The smallest absolute Gasteiger partial charge is 0.306 e. The van der Waals surface area contributed by atoms with E-state index < -0.39 is 5.97 Å². The maximum Gasteiger partial charge on any atom is 0.306 e. The van der Waals surface area contributed by atoms with Crippen LogP contribution in [0.1, 0.15) is 19.3 Å². The van der Waals surface area contributed by atoms with E-state index in [0.29, 0.717) is 12.8 Å². The van der Waals surface area contributed by atoms with Crippen LogP contribution >= 0.6 is 0 Å². The number of nitrogens with two attached hydrogens (primary N) is 1. The molecule has 0 aromatic heterocycles. The van der Waals surface area contributed by atoms with Gasteiger partial charge in [-0.2, -0.15) is 0 Å². The number of rotatable bonds is 2. The lowest BCUT2D eigenvalue weighted by molar-refractivity contribution is -0.141. The molecule has 10 heavy (non-hydrogen) atoms. The van der Waals surface area contributed by atoms with Crippen molar-refractivity contribution in [3.8, 4) is 0 Å². The van der Waals surface area contributed by atoms with Crippen molar-refractivity contribution in [2.45, 2.75) is 25.4 Å². The van der Waals surface area contributed by atoms with Crippen molar-refractivity contribution in [3.05, 3.63) is 0 Å². The third-order valence-electron chi connectivity index (χ3n) is 1.93. The monoisotopic (exact) mass is 145 g/mol. The maximum atomic E-state index is 10.4. The van der Waals surface area contributed by atoms with Gasteiger partial charge in [0.15, 0.2) is 0 Å². The van der Waals surface area contributed by atoms with Crippen molar-refractivity contribution < 1.29 is 14.7 Å². The first-order valence-electron chi connectivity index (χ1n) is 3.32. The van der Waals surface area contributed by atoms with Crippen LogP contribution in [0.4, 0.5) is 0 Å². The second-order valence-electron chi connectivity index (χ2n) is 2.61. The Balaban J connectivity index is 2.35. The van der Waals surface area contributed by atoms with Gasteiger partial charge in [0, 0.05) is 0 Å². The Bertz CT molecular complexity index is 137. The van der Waals surface area contributed by atoms with E-state index >= 15 is 0 Å². The van der Waals surface area contributed by atoms with Crippen molar-refractivity contribution in [1.82, 2.24) is 0 Å². The van der Waals surface area contributed by atoms with Crippen LogP contribution in [-0.4, -0.2) is 17.2 Å². The van der Waals surface area contributed by atoms with E-state index in [1.165, 1.54) is 0 Å². The number of carboxylic acid groups (broad SMARTS) is 1. The van der Waals surface area contributed by atoms with Gasteiger partial charge >= 0.3 is 5.97 Å². The summed E-state index contributed by atoms with van der Waals surface area (Å²) in [5.74, 6) is 3.92. The Labute approximate surface area is 58.9 Å². The van der Waals surface area contributed by atoms with E-state index in [2.05, 4.69) is 4.84 Å². The summed E-state index contributed by atoms with van der Waals surface area (Å²) in [6.07, 6.45) is 1.98. The number of hydrogen-bond donors (Lipinski definition) is 2. The van der Waals surface area contributed by atoms with Gasteiger partial charge in [-0.1, -0.05) is 0 Å². The molecule has 0 aromatic rings. The number of hydrogen-bond acceptors (Lipinski definition) is 3. The molecule has 1 rings (SSSR count). The summed E-state index contributed by atoms with van der Waals surface area (Å²) in [4.78, 5) is 14.9. The first-order valence-corrected chi connectivity index (χ1v) is 3.32. The predicted molar refractivity (Wildman–Crippen MR) is 34.0 cm³/mol. The summed E-state index contributed by atoms with van der Waals surface area (Å²) in [5, 5.41) is 8.53. The van der Waals surface area contributed by atoms with Gasteiger partial charge in [0.05, 0.1) is 12.0 Å². The molecule has 3 N–H and O–H groups in total. The molecule has 2 atom stereocenters. The van der Waals surface area contributed by atoms with Crippen LogP contribution in [0.3, 0.4) is 0 Å². The molecule has 4 nitrogen and oxygen atoms in total. The molecule has 1 aliphatic rings. The number of aliphatic carboxylic acids is 1. The molecule has 1 fully saturated rings. The Morgan fingerprint density at radius 1 is 1.60 bits per heavy atom. The fourth-order valence-electron chi connectivity index (χ4n) is 1.29. The molecule has 0 spiro atoms. The number of carbonyl (C=O) groups is 1. The van der Waals surface area contributed by atoms with Gasteiger partial charge in [-0.25, -0.2) is 5.90 Å². The van der Waals surface area contributed by atoms with Gasteiger partial charge in [0.2, 0.25) is 0 Å². The SMILES string of the molecule is NO[C@@H]1CCC(C(=O)O)C1. The van der Waals surface area contributed by atoms with Crippen LogP contribution < -0.4 is 5.90 Å². The predicted octanol–water partition coefficient (Wildman–Crippen LogP) is 0.130. The Morgan fingerprint density at radius 3 is 2.60 bits per heavy atom. The average Bonchev–Trinajstić information content (AvgIpc) is 2.34. The van der Waals surface area contributed by atoms with E-state index in [-0.39, 0.29) is 12.0 Å². The van der Waals surface area contributed by atoms with Crippen molar-refractivity contribution >= 4 is 5.97 Å². The maximum absolute atomic E-state index is 10.4. The van der Waals surface area contributed by atoms with E-state index in [9.17, 15) is 4.79 Å². The van der Waals surface area contributed by atoms with Gasteiger partial charge in [-0.3, -0.25) is 4.79 Å². The van der Waals surface area contributed by atoms with E-state index in [0.717, 1.165) is 6.42 Å². The quantitative estimate of drug-likeness (QED) is 0.542. The minimum Gasteiger partial charge on any atom is -0.481 e. The molecule has 1 saturated carbocycles. The zero-order chi connectivity index (χ0) is 7.56. The van der Waals surface area contributed by atoms with Crippen molar-refractivity contribution in [3.63, 3.8) is 0 Å². The van der Waals surface area contributed by atoms with E-state index in [1.807, 2.05) is 0 Å². The summed E-state index contributed by atoms with van der Waals surface area (Å²) in [6.45, 7) is 0. The van der Waals surface area contributed by atoms with Crippen LogP contribution in [0.5, 0.6) is 0 Å². The standard InChI is InChI=1S/C6H11NO3/c7-10-5-2-1-4(3-5)6(8)9/h4-5H,1-3,7H2,(H,8,9)/t4?,5-/m1/s1. The molecule has 0 saturated heterocycles. The molecule has 1 aliphatic carbocycles. The molecule has 0 heterocycles. The molecule has 1 unspecified atom stereocenters. The molecular weight excluding hydrogens is 134 g/mol. The van der Waals surface area contributed by atoms with Gasteiger partial charge in [0.25, 0.3) is 0 Å². The zero-order valence-electron chi connectivity index (χ0n) is 5.62. The normalized spacial score (nSPS) is 32.5. The fraction of sp³-hybridized carbons (Fsp3) is 0.833. The fourth-order valence-corrected chi connectivity index (χ4v) is 1.29. The largest absolute Gasteiger partial charge is 0.481 e. The van der Waals surface area contributed by atoms with Crippen molar-refractivity contribution in [2.24, 2.45) is 11.8 Å². The highest BCUT2D eigenvalue weighted by atomic mass is 16.6. The molecule has 0 radical (unpaired) electrons. The lowest BCUT2D eigenvalue weighted by Crippen LogP contribution is -2.15. The van der Waals surface area contributed by atoms with Gasteiger partial charge in [0.1, 0.15) is 0 Å². The van der Waals surface area contributed by atoms with Gasteiger partial charge in [-0.05, 0) is 19.3 Å². The summed E-state index contributed by atoms with van der Waals surface area (Å²) in [5.41, 5.74) is 0. The zero-order valence-corrected chi connectivity index (χ0v) is 5.62. The molecule has 0 amide bonds. The topological polar surface area (TPSA) is 72.5 Å². The highest BCUT2D eigenvalue weighted by Crippen LogP contribution is 2.26. The number of carboxylic acids is 1. The van der Waals surface area contributed by atoms with Gasteiger partial charge in [-0.15, -0.1) is 0 Å². The molecule has 0 aromatic carbocycles. The summed E-state index contributed by atoms with van der Waals surface area (Å²) in [7, 11) is 0. The highest BCUT2D eigenvalue weighted by Gasteiger charge is 2.29. The minimum absolute atomic E-state index is 0.0406. The van der Waals surface area contributed by atoms with Crippen LogP contribution in [0.15, 0.2) is 0 Å². The Hall–Kier alpha value is -0.610. The molecule has 58 valence electrons. The van der Waals surface area contributed by atoms with Crippen molar-refractivity contribution in [2.75, 3.05) is 0 Å². The van der Waals surface area contributed by atoms with Crippen LogP contribution in [0.25, 0.3) is 0 Å². The molecule has 0 bridgehead atoms. The third kappa shape index (κ3) is 1.46. The first-order chi connectivity index (χ1) is 4.74. The van der Waals surface area contributed by atoms with Crippen LogP contribution in [-0.2, 0) is 9.63 Å². The second kappa shape index (κ2) is 2.98. The van der Waals surface area contributed by atoms with E-state index in [4.69, 9.17) is 11.0 Å². The second-order valence-corrected chi connectivity index (χ2v) is 2.61. The average molecular weight is 145 g/mol. The first kappa shape index (κ1) is 7.50. The Morgan fingerprint density at radius 2 is 2.30 bits per heavy atom. The van der Waals surface area contributed by atoms with Crippen LogP contribution in [0, 0.1) is 5.92 Å². The van der Waals surface area contributed by atoms with Gasteiger partial charge < -0.3 is 9.94 Å². The third-order valence-corrected chi connectivity index (χ3v) is 1.93. The molecular formula is C6H11NO3. The highest BCUT2D eigenvalue weighted by molar-refractivity contribution is 5.70. The Kier molecular flexibility index (Phi) is 2.24. The molecule has 0 aliphatic heterocycles. The van der Waals surface area contributed by atoms with E-state index in [1.54, 1.807) is 0 Å².